The van der Waals surface area contributed by atoms with Crippen LogP contribution in [0.5, 0.6) is 0 Å². The molecule has 4 N–H and O–H groups in total. The second-order valence-electron chi connectivity index (χ2n) is 4.18. The number of nitrogens with one attached hydrogen (secondary N) is 1. The van der Waals surface area contributed by atoms with E-state index >= 15 is 0 Å². The van der Waals surface area contributed by atoms with Crippen molar-refractivity contribution in [2.45, 2.75) is 19.0 Å². The SMILES string of the molecule is Cc1cc(Cl)ccc1CNC(CO)(CO)CO. The minimum absolute atomic E-state index is 0.327. The summed E-state index contributed by atoms with van der Waals surface area (Å²) in [5.74, 6) is 0. The maximum absolute atomic E-state index is 9.16. The van der Waals surface area contributed by atoms with Crippen LogP contribution in [0.1, 0.15) is 11.1 Å². The van der Waals surface area contributed by atoms with Gasteiger partial charge in [-0.2, -0.15) is 0 Å². The third-order valence-electron chi connectivity index (χ3n) is 2.87. The Labute approximate surface area is 106 Å². The number of halogens is 1. The molecular weight excluding hydrogens is 242 g/mol. The van der Waals surface area contributed by atoms with E-state index in [9.17, 15) is 0 Å². The summed E-state index contributed by atoms with van der Waals surface area (Å²) in [6, 6.07) is 5.50. The van der Waals surface area contributed by atoms with Gasteiger partial charge in [-0.3, -0.25) is 0 Å². The molecule has 1 aromatic rings. The van der Waals surface area contributed by atoms with Crippen molar-refractivity contribution in [2.24, 2.45) is 0 Å². The molecule has 0 spiro atoms. The van der Waals surface area contributed by atoms with Crippen molar-refractivity contribution < 1.29 is 15.3 Å². The lowest BCUT2D eigenvalue weighted by Crippen LogP contribution is -2.54. The van der Waals surface area contributed by atoms with Gasteiger partial charge in [-0.05, 0) is 30.2 Å². The first-order valence-electron chi connectivity index (χ1n) is 5.39. The van der Waals surface area contributed by atoms with Crippen LogP contribution in [0.2, 0.25) is 5.02 Å². The van der Waals surface area contributed by atoms with E-state index in [1.807, 2.05) is 19.1 Å². The molecule has 0 aliphatic rings. The zero-order valence-corrected chi connectivity index (χ0v) is 10.5. The quantitative estimate of drug-likeness (QED) is 0.599. The van der Waals surface area contributed by atoms with Crippen LogP contribution in [0, 0.1) is 6.92 Å². The molecule has 4 nitrogen and oxygen atoms in total. The smallest absolute Gasteiger partial charge is 0.0884 e. The van der Waals surface area contributed by atoms with Gasteiger partial charge >= 0.3 is 0 Å². The first-order valence-corrected chi connectivity index (χ1v) is 5.77. The summed E-state index contributed by atoms with van der Waals surface area (Å²) >= 11 is 5.85. The molecule has 0 saturated carbocycles. The molecule has 0 aliphatic heterocycles. The Morgan fingerprint density at radius 3 is 2.24 bits per heavy atom. The van der Waals surface area contributed by atoms with Crippen molar-refractivity contribution in [2.75, 3.05) is 19.8 Å². The molecule has 0 saturated heterocycles. The molecule has 0 unspecified atom stereocenters. The lowest BCUT2D eigenvalue weighted by Gasteiger charge is -2.29. The van der Waals surface area contributed by atoms with Gasteiger partial charge in [-0.15, -0.1) is 0 Å². The fourth-order valence-corrected chi connectivity index (χ4v) is 1.68. The molecular formula is C12H18ClNO3. The molecule has 96 valence electrons. The Morgan fingerprint density at radius 2 is 1.76 bits per heavy atom. The third kappa shape index (κ3) is 3.66. The molecule has 1 aromatic carbocycles. The standard InChI is InChI=1S/C12H18ClNO3/c1-9-4-11(13)3-2-10(9)5-14-12(6-15,7-16)8-17/h2-4,14-17H,5-8H2,1H3. The van der Waals surface area contributed by atoms with E-state index in [0.29, 0.717) is 11.6 Å². The van der Waals surface area contributed by atoms with E-state index < -0.39 is 5.54 Å². The summed E-state index contributed by atoms with van der Waals surface area (Å²) < 4.78 is 0. The Kier molecular flexibility index (Phi) is 5.36. The van der Waals surface area contributed by atoms with E-state index in [0.717, 1.165) is 11.1 Å². The second kappa shape index (κ2) is 6.33. The molecule has 17 heavy (non-hydrogen) atoms. The fourth-order valence-electron chi connectivity index (χ4n) is 1.46. The van der Waals surface area contributed by atoms with Crippen molar-refractivity contribution >= 4 is 11.6 Å². The molecule has 1 rings (SSSR count). The van der Waals surface area contributed by atoms with E-state index in [4.69, 9.17) is 26.9 Å². The highest BCUT2D eigenvalue weighted by Gasteiger charge is 2.27. The van der Waals surface area contributed by atoms with Crippen LogP contribution in [-0.4, -0.2) is 40.7 Å². The van der Waals surface area contributed by atoms with Crippen LogP contribution >= 0.6 is 11.6 Å². The van der Waals surface area contributed by atoms with Gasteiger partial charge in [0.2, 0.25) is 0 Å². The highest BCUT2D eigenvalue weighted by Crippen LogP contribution is 2.16. The number of hydrogen-bond donors (Lipinski definition) is 4. The van der Waals surface area contributed by atoms with Crippen LogP contribution in [0.25, 0.3) is 0 Å². The monoisotopic (exact) mass is 259 g/mol. The number of aliphatic hydroxyl groups excluding tert-OH is 3. The van der Waals surface area contributed by atoms with Crippen LogP contribution in [0.15, 0.2) is 18.2 Å². The third-order valence-corrected chi connectivity index (χ3v) is 3.10. The first-order chi connectivity index (χ1) is 8.06. The summed E-state index contributed by atoms with van der Waals surface area (Å²) in [6.07, 6.45) is 0. The summed E-state index contributed by atoms with van der Waals surface area (Å²) in [5, 5.41) is 31.1. The van der Waals surface area contributed by atoms with Crippen LogP contribution in [0.4, 0.5) is 0 Å². The molecule has 0 aliphatic carbocycles. The first kappa shape index (κ1) is 14.4. The van der Waals surface area contributed by atoms with E-state index in [2.05, 4.69) is 5.32 Å². The predicted octanol–water partition coefficient (Wildman–Crippen LogP) is 0.454. The van der Waals surface area contributed by atoms with Crippen molar-refractivity contribution in [3.63, 3.8) is 0 Å². The average Bonchev–Trinajstić information content (AvgIpc) is 2.33. The molecule has 0 atom stereocenters. The zero-order chi connectivity index (χ0) is 12.9. The number of rotatable bonds is 6. The summed E-state index contributed by atoms with van der Waals surface area (Å²) in [5.41, 5.74) is 0.980. The predicted molar refractivity (Wildman–Crippen MR) is 67.0 cm³/mol. The molecule has 0 bridgehead atoms. The van der Waals surface area contributed by atoms with Crippen LogP contribution in [-0.2, 0) is 6.54 Å². The van der Waals surface area contributed by atoms with Crippen molar-refractivity contribution in [1.82, 2.24) is 5.32 Å². The Morgan fingerprint density at radius 1 is 1.18 bits per heavy atom. The number of hydrogen-bond acceptors (Lipinski definition) is 4. The number of aryl methyl sites for hydroxylation is 1. The Hall–Kier alpha value is -0.650. The van der Waals surface area contributed by atoms with Gasteiger partial charge in [0.1, 0.15) is 0 Å². The topological polar surface area (TPSA) is 72.7 Å². The summed E-state index contributed by atoms with van der Waals surface area (Å²) in [7, 11) is 0. The average molecular weight is 260 g/mol. The number of benzene rings is 1. The molecule has 0 aromatic heterocycles. The summed E-state index contributed by atoms with van der Waals surface area (Å²) in [4.78, 5) is 0. The lowest BCUT2D eigenvalue weighted by molar-refractivity contribution is 0.0413. The van der Waals surface area contributed by atoms with Crippen molar-refractivity contribution in [1.29, 1.82) is 0 Å². The van der Waals surface area contributed by atoms with Gasteiger partial charge in [0, 0.05) is 11.6 Å². The largest absolute Gasteiger partial charge is 0.394 e. The molecule has 0 amide bonds. The van der Waals surface area contributed by atoms with Crippen LogP contribution < -0.4 is 5.32 Å². The molecule has 0 radical (unpaired) electrons. The highest BCUT2D eigenvalue weighted by atomic mass is 35.5. The Balaban J connectivity index is 2.72. The lowest BCUT2D eigenvalue weighted by atomic mass is 10.0. The van der Waals surface area contributed by atoms with Gasteiger partial charge in [0.05, 0.1) is 25.4 Å². The maximum atomic E-state index is 9.16. The van der Waals surface area contributed by atoms with Gasteiger partial charge in [-0.1, -0.05) is 17.7 Å². The van der Waals surface area contributed by atoms with E-state index in [1.54, 1.807) is 6.07 Å². The van der Waals surface area contributed by atoms with Gasteiger partial charge in [0.25, 0.3) is 0 Å². The van der Waals surface area contributed by atoms with Gasteiger partial charge in [-0.25, -0.2) is 0 Å². The number of aliphatic hydroxyl groups is 3. The van der Waals surface area contributed by atoms with E-state index in [1.165, 1.54) is 0 Å². The van der Waals surface area contributed by atoms with Crippen molar-refractivity contribution in [3.05, 3.63) is 34.3 Å². The van der Waals surface area contributed by atoms with Crippen LogP contribution in [0.3, 0.4) is 0 Å². The van der Waals surface area contributed by atoms with Gasteiger partial charge in [0.15, 0.2) is 0 Å². The fraction of sp³-hybridized carbons (Fsp3) is 0.500. The van der Waals surface area contributed by atoms with E-state index in [-0.39, 0.29) is 19.8 Å². The normalized spacial score (nSPS) is 11.8. The second-order valence-corrected chi connectivity index (χ2v) is 4.62. The minimum atomic E-state index is -1.05. The molecule has 0 fully saturated rings. The molecule has 0 heterocycles. The van der Waals surface area contributed by atoms with Gasteiger partial charge < -0.3 is 20.6 Å². The molecule has 5 heteroatoms. The van der Waals surface area contributed by atoms with Crippen molar-refractivity contribution in [3.8, 4) is 0 Å². The Bertz CT molecular complexity index is 359. The maximum Gasteiger partial charge on any atom is 0.0884 e. The summed E-state index contributed by atoms with van der Waals surface area (Å²) in [6.45, 7) is 1.40. The minimum Gasteiger partial charge on any atom is -0.394 e. The zero-order valence-electron chi connectivity index (χ0n) is 9.78. The highest BCUT2D eigenvalue weighted by molar-refractivity contribution is 6.30.